The molecule has 1 saturated carbocycles. The van der Waals surface area contributed by atoms with Crippen molar-refractivity contribution in [2.75, 3.05) is 60.2 Å². The van der Waals surface area contributed by atoms with Crippen LogP contribution in [0.15, 0.2) is 72.8 Å². The van der Waals surface area contributed by atoms with E-state index in [2.05, 4.69) is 35.8 Å². The smallest absolute Gasteiger partial charge is 0.133 e. The molecule has 3 aromatic rings. The van der Waals surface area contributed by atoms with Crippen molar-refractivity contribution in [3.63, 3.8) is 0 Å². The zero-order chi connectivity index (χ0) is 40.2. The fraction of sp³-hybridized carbons (Fsp3) is 0.633. The third-order valence-electron chi connectivity index (χ3n) is 12.7. The van der Waals surface area contributed by atoms with Crippen LogP contribution in [0.3, 0.4) is 0 Å². The lowest BCUT2D eigenvalue weighted by molar-refractivity contribution is -0.0456. The summed E-state index contributed by atoms with van der Waals surface area (Å²) in [6.45, 7) is 8.17. The van der Waals surface area contributed by atoms with Crippen LogP contribution >= 0.6 is 0 Å². The summed E-state index contributed by atoms with van der Waals surface area (Å²) < 4.78 is 23.2. The zero-order valence-electron chi connectivity index (χ0n) is 35.5. The summed E-state index contributed by atoms with van der Waals surface area (Å²) in [6, 6.07) is 24.4. The summed E-state index contributed by atoms with van der Waals surface area (Å²) in [5, 5.41) is 31.0. The molecule has 4 atom stereocenters. The quantitative estimate of drug-likeness (QED) is 0.0841. The van der Waals surface area contributed by atoms with E-state index >= 15 is 0 Å². The van der Waals surface area contributed by atoms with Crippen LogP contribution in [0.1, 0.15) is 120 Å². The first-order valence-corrected chi connectivity index (χ1v) is 22.3. The Morgan fingerprint density at radius 2 is 1.11 bits per heavy atom. The highest BCUT2D eigenvalue weighted by Gasteiger charge is 2.42. The van der Waals surface area contributed by atoms with Gasteiger partial charge in [-0.2, -0.15) is 0 Å². The molecule has 1 aliphatic carbocycles. The maximum absolute atomic E-state index is 12.0. The molecule has 0 bridgehead atoms. The standard InChI is InChI=1S/C25H35NO3.C24H39NO3/c1-3-20-11-4-6-14-23(20)29-24-15-7-5-13-22(24)25(27,16-8-9-18-28-2)21-12-10-17-26-19-21;1-27-17-8-7-15-24(26,21-12-9-16-25-18-21)22-13-5-6-14-23(22)28-19-20-10-3-2-4-11-20/h4-7,11,13-15,21,26-27H,3,8-10,12,16-19H2,1-2H3;5-6,13-14,20-21,25-26H,2-4,7-12,15-19H2,1H3/t21-,25+;21-,24?/m11/s1. The van der Waals surface area contributed by atoms with Crippen molar-refractivity contribution in [2.24, 2.45) is 17.8 Å². The number of rotatable bonds is 20. The molecule has 3 aliphatic rings. The Bertz CT molecular complexity index is 1550. The van der Waals surface area contributed by atoms with Gasteiger partial charge < -0.3 is 39.8 Å². The molecule has 0 spiro atoms. The van der Waals surface area contributed by atoms with E-state index in [0.717, 1.165) is 139 Å². The van der Waals surface area contributed by atoms with Crippen molar-refractivity contribution >= 4 is 0 Å². The van der Waals surface area contributed by atoms with Crippen LogP contribution in [0, 0.1) is 17.8 Å². The predicted octanol–water partition coefficient (Wildman–Crippen LogP) is 9.69. The number of aliphatic hydroxyl groups is 2. The van der Waals surface area contributed by atoms with Gasteiger partial charge in [-0.3, -0.25) is 0 Å². The topological polar surface area (TPSA) is 101 Å². The van der Waals surface area contributed by atoms with Crippen LogP contribution in [-0.2, 0) is 27.1 Å². The normalized spacial score (nSPS) is 21.1. The molecule has 4 N–H and O–H groups in total. The number of ether oxygens (including phenoxy) is 4. The minimum Gasteiger partial charge on any atom is -0.493 e. The lowest BCUT2D eigenvalue weighted by atomic mass is 9.74. The number of para-hydroxylation sites is 3. The Labute approximate surface area is 344 Å². The van der Waals surface area contributed by atoms with E-state index in [1.54, 1.807) is 14.2 Å². The van der Waals surface area contributed by atoms with E-state index in [-0.39, 0.29) is 11.8 Å². The molecule has 57 heavy (non-hydrogen) atoms. The number of benzene rings is 3. The Hall–Kier alpha value is -2.98. The van der Waals surface area contributed by atoms with Crippen molar-refractivity contribution < 1.29 is 29.2 Å². The molecule has 8 nitrogen and oxygen atoms in total. The van der Waals surface area contributed by atoms with E-state index in [9.17, 15) is 10.2 Å². The van der Waals surface area contributed by atoms with Crippen molar-refractivity contribution in [1.82, 2.24) is 10.6 Å². The largest absolute Gasteiger partial charge is 0.493 e. The monoisotopic (exact) mass is 787 g/mol. The molecular weight excluding hydrogens is 713 g/mol. The van der Waals surface area contributed by atoms with Crippen LogP contribution in [0.4, 0.5) is 0 Å². The summed E-state index contributed by atoms with van der Waals surface area (Å²) in [5.74, 6) is 3.56. The van der Waals surface area contributed by atoms with E-state index < -0.39 is 11.2 Å². The molecule has 1 unspecified atom stereocenters. The summed E-state index contributed by atoms with van der Waals surface area (Å²) in [6.07, 6.45) is 17.0. The molecule has 316 valence electrons. The van der Waals surface area contributed by atoms with E-state index in [1.165, 1.54) is 37.7 Å². The Morgan fingerprint density at radius 3 is 1.63 bits per heavy atom. The van der Waals surface area contributed by atoms with Crippen molar-refractivity contribution in [3.05, 3.63) is 89.5 Å². The maximum atomic E-state index is 12.0. The molecule has 3 aromatic carbocycles. The number of aryl methyl sites for hydroxylation is 1. The SMILES string of the molecule is CCc1ccccc1Oc1ccccc1[C@](O)(CCCCOC)[C@@H]1CCCNC1.COCCCCC(O)(c1ccccc1OCC1CCCCC1)[C@@H]1CCCNC1. The molecule has 8 heteroatoms. The Kier molecular flexibility index (Phi) is 19.1. The third kappa shape index (κ3) is 13.0. The van der Waals surface area contributed by atoms with E-state index in [4.69, 9.17) is 18.9 Å². The number of nitrogens with one attached hydrogen (secondary N) is 2. The first kappa shape index (κ1) is 45.1. The summed E-state index contributed by atoms with van der Waals surface area (Å²) in [4.78, 5) is 0. The van der Waals surface area contributed by atoms with Gasteiger partial charge in [0.05, 0.1) is 17.8 Å². The molecule has 0 aromatic heterocycles. The van der Waals surface area contributed by atoms with Gasteiger partial charge in [-0.15, -0.1) is 0 Å². The van der Waals surface area contributed by atoms with Crippen molar-refractivity contribution in [1.29, 1.82) is 0 Å². The van der Waals surface area contributed by atoms with Gasteiger partial charge in [0.1, 0.15) is 17.2 Å². The fourth-order valence-corrected chi connectivity index (χ4v) is 9.36. The molecule has 2 heterocycles. The van der Waals surface area contributed by atoms with Gasteiger partial charge in [-0.25, -0.2) is 0 Å². The van der Waals surface area contributed by atoms with Crippen LogP contribution in [0.2, 0.25) is 0 Å². The van der Waals surface area contributed by atoms with Gasteiger partial charge in [-0.05, 0) is 126 Å². The Morgan fingerprint density at radius 1 is 0.596 bits per heavy atom. The second-order valence-electron chi connectivity index (χ2n) is 16.7. The van der Waals surface area contributed by atoms with Gasteiger partial charge >= 0.3 is 0 Å². The van der Waals surface area contributed by atoms with E-state index in [0.29, 0.717) is 12.3 Å². The van der Waals surface area contributed by atoms with Crippen LogP contribution in [0.5, 0.6) is 17.2 Å². The number of unbranched alkanes of at least 4 members (excludes halogenated alkanes) is 2. The van der Waals surface area contributed by atoms with Gasteiger partial charge in [0, 0.05) is 63.5 Å². The first-order valence-electron chi connectivity index (χ1n) is 22.3. The number of hydrogen-bond donors (Lipinski definition) is 4. The van der Waals surface area contributed by atoms with Crippen molar-refractivity contribution in [2.45, 2.75) is 121 Å². The van der Waals surface area contributed by atoms with Gasteiger partial charge in [0.15, 0.2) is 0 Å². The minimum atomic E-state index is -0.918. The highest BCUT2D eigenvalue weighted by Crippen LogP contribution is 2.45. The zero-order valence-corrected chi connectivity index (χ0v) is 35.5. The molecule has 2 aliphatic heterocycles. The average molecular weight is 787 g/mol. The third-order valence-corrected chi connectivity index (χ3v) is 12.7. The van der Waals surface area contributed by atoms with Gasteiger partial charge in [0.25, 0.3) is 0 Å². The van der Waals surface area contributed by atoms with Crippen molar-refractivity contribution in [3.8, 4) is 17.2 Å². The lowest BCUT2D eigenvalue weighted by Gasteiger charge is -2.40. The molecule has 0 amide bonds. The van der Waals surface area contributed by atoms with E-state index in [1.807, 2.05) is 54.6 Å². The summed E-state index contributed by atoms with van der Waals surface area (Å²) in [7, 11) is 3.47. The van der Waals surface area contributed by atoms with Crippen LogP contribution in [0.25, 0.3) is 0 Å². The second kappa shape index (κ2) is 24.2. The highest BCUT2D eigenvalue weighted by atomic mass is 16.5. The summed E-state index contributed by atoms with van der Waals surface area (Å²) in [5.41, 5.74) is 1.29. The molecule has 2 saturated heterocycles. The number of methoxy groups -OCH3 is 2. The predicted molar refractivity (Wildman–Crippen MR) is 231 cm³/mol. The second-order valence-corrected chi connectivity index (χ2v) is 16.7. The molecule has 0 radical (unpaired) electrons. The average Bonchev–Trinajstić information content (AvgIpc) is 3.27. The molecule has 3 fully saturated rings. The lowest BCUT2D eigenvalue weighted by Crippen LogP contribution is -2.44. The molecule has 6 rings (SSSR count). The van der Waals surface area contributed by atoms with Crippen LogP contribution in [-0.4, -0.2) is 70.4 Å². The maximum Gasteiger partial charge on any atom is 0.133 e. The Balaban J connectivity index is 0.000000218. The first-order chi connectivity index (χ1) is 27.9. The van der Waals surface area contributed by atoms with Crippen LogP contribution < -0.4 is 20.1 Å². The number of hydrogen-bond acceptors (Lipinski definition) is 8. The molecular formula is C49H74N2O6. The minimum absolute atomic E-state index is 0.171. The van der Waals surface area contributed by atoms with Gasteiger partial charge in [-0.1, -0.05) is 80.8 Å². The number of piperidine rings is 2. The van der Waals surface area contributed by atoms with Gasteiger partial charge in [0.2, 0.25) is 0 Å². The fourth-order valence-electron chi connectivity index (χ4n) is 9.36. The highest BCUT2D eigenvalue weighted by molar-refractivity contribution is 5.44. The summed E-state index contributed by atoms with van der Waals surface area (Å²) >= 11 is 0.